The number of piperidine rings is 1. The molecule has 3 aromatic carbocycles. The Kier molecular flexibility index (Phi) is 14.6. The summed E-state index contributed by atoms with van der Waals surface area (Å²) in [6, 6.07) is 18.3. The summed E-state index contributed by atoms with van der Waals surface area (Å²) in [4.78, 5) is 60.0. The first-order valence-electron chi connectivity index (χ1n) is 28.2. The zero-order valence-corrected chi connectivity index (χ0v) is 48.0. The first-order chi connectivity index (χ1) is 38.9. The number of nitro benzene ring substituents is 1. The SMILES string of the molecule is CC(C)(C)Oc1ccccc1[C@@H]1COCCCN1C1CC2(CCN(c3ccc(C(=O)NS(=O)(=O)c4cc5c(c([N+](=O)[O-])c4)N[C@@H](C4(F)CCC(C)(OP(=O)(O)O)CC4)CO5)c(N4c5cc6cc[nH]c6nc5O[C@H]5COCC[C@@H]54)c3)CC2)C1. The molecule has 3 saturated heterocycles. The van der Waals surface area contributed by atoms with Crippen LogP contribution in [0.5, 0.6) is 17.4 Å². The Morgan fingerprint density at radius 1 is 0.951 bits per heavy atom. The van der Waals surface area contributed by atoms with Gasteiger partial charge in [0.05, 0.1) is 58.0 Å². The fourth-order valence-electron chi connectivity index (χ4n) is 13.5. The first-order valence-corrected chi connectivity index (χ1v) is 31.2. The molecule has 2 aromatic heterocycles. The van der Waals surface area contributed by atoms with Crippen molar-refractivity contribution in [3.63, 3.8) is 0 Å². The summed E-state index contributed by atoms with van der Waals surface area (Å²) in [5.41, 5.74) is -0.959. The van der Waals surface area contributed by atoms with Gasteiger partial charge in [0.2, 0.25) is 5.88 Å². The first kappa shape index (κ1) is 56.4. The standard InChI is InChI=1S/C57H70FN8O14PS/c1-54(2,3)79-46-9-6-5-8-39(46)45-32-75-24-7-21-64(45)37-30-56(31-37)18-22-63(23-19-56)36-10-11-40(42(27-36)65-41-13-25-76-33-48(41)78-53-44(65)26-35-12-20-59-51(35)61-53)52(67)62-82(73,74)38-28-43(66(68)69)50-47(29-38)77-34-49(60-50)57(58)16-14-55(4,15-17-57)80-81(70,71)72/h5-6,8-12,20,26-29,37,41,45,48-49,60H,7,13-19,21-25,30-34H2,1-4H3,(H,59,61)(H,62,67)(H2,70,71,72)/t41-,45-,48-,49+,55?,57?/m0/s1. The van der Waals surface area contributed by atoms with Crippen LogP contribution in [-0.4, -0.2) is 138 Å². The lowest BCUT2D eigenvalue weighted by Gasteiger charge is -2.56. The van der Waals surface area contributed by atoms with Crippen molar-refractivity contribution in [1.82, 2.24) is 19.6 Å². The third-order valence-electron chi connectivity index (χ3n) is 17.8. The van der Waals surface area contributed by atoms with E-state index in [-0.39, 0.29) is 79.0 Å². The summed E-state index contributed by atoms with van der Waals surface area (Å²) >= 11 is 0. The van der Waals surface area contributed by atoms with E-state index >= 15 is 4.39 Å². The summed E-state index contributed by atoms with van der Waals surface area (Å²) in [5.74, 6) is -0.0510. The number of anilines is 4. The van der Waals surface area contributed by atoms with Crippen molar-refractivity contribution in [3.8, 4) is 17.4 Å². The van der Waals surface area contributed by atoms with Gasteiger partial charge in [0.1, 0.15) is 41.1 Å². The van der Waals surface area contributed by atoms with Crippen LogP contribution >= 0.6 is 7.82 Å². The second-order valence-corrected chi connectivity index (χ2v) is 27.3. The highest BCUT2D eigenvalue weighted by Crippen LogP contribution is 2.55. The van der Waals surface area contributed by atoms with E-state index in [0.717, 1.165) is 86.3 Å². The molecule has 7 heterocycles. The van der Waals surface area contributed by atoms with Crippen molar-refractivity contribution in [2.45, 2.75) is 144 Å². The molecular weight excluding hydrogens is 1100 g/mol. The summed E-state index contributed by atoms with van der Waals surface area (Å²) in [6.07, 6.45) is 6.20. The van der Waals surface area contributed by atoms with Crippen LogP contribution in [0, 0.1) is 15.5 Å². The molecule has 1 spiro atoms. The van der Waals surface area contributed by atoms with Crippen molar-refractivity contribution < 1.29 is 65.1 Å². The van der Waals surface area contributed by atoms with Gasteiger partial charge in [-0.3, -0.25) is 24.3 Å². The van der Waals surface area contributed by atoms with Crippen molar-refractivity contribution >= 4 is 63.2 Å². The minimum Gasteiger partial charge on any atom is -0.489 e. The number of sulfonamides is 1. The highest BCUT2D eigenvalue weighted by molar-refractivity contribution is 7.90. The van der Waals surface area contributed by atoms with Gasteiger partial charge >= 0.3 is 7.82 Å². The zero-order chi connectivity index (χ0) is 57.6. The normalized spacial score (nSPS) is 26.9. The number of nitro groups is 1. The van der Waals surface area contributed by atoms with Crippen LogP contribution < -0.4 is 34.0 Å². The molecule has 5 aromatic rings. The Bertz CT molecular complexity index is 3440. The number of rotatable bonds is 12. The number of phosphoric acid groups is 1. The van der Waals surface area contributed by atoms with E-state index in [1.165, 1.54) is 6.92 Å². The fourth-order valence-corrected chi connectivity index (χ4v) is 15.3. The summed E-state index contributed by atoms with van der Waals surface area (Å²) in [7, 11) is -9.75. The number of hydrogen-bond donors (Lipinski definition) is 5. The van der Waals surface area contributed by atoms with Crippen LogP contribution in [0.25, 0.3) is 11.0 Å². The molecule has 1 amide bonds. The molecule has 25 heteroatoms. The number of aromatic amines is 1. The monoisotopic (exact) mass is 1170 g/mol. The number of carbonyl (C=O) groups is 1. The number of halogens is 1. The predicted molar refractivity (Wildman–Crippen MR) is 301 cm³/mol. The Hall–Kier alpha value is -6.11. The van der Waals surface area contributed by atoms with Gasteiger partial charge in [0, 0.05) is 73.9 Å². The molecule has 5 N–H and O–H groups in total. The predicted octanol–water partition coefficient (Wildman–Crippen LogP) is 8.99. The maximum absolute atomic E-state index is 16.7. The molecular formula is C57H70FN8O14PS. The number of amides is 1. The maximum Gasteiger partial charge on any atom is 0.470 e. The minimum atomic E-state index is -4.88. The van der Waals surface area contributed by atoms with E-state index < -0.39 is 62.7 Å². The highest BCUT2D eigenvalue weighted by atomic mass is 32.2. The van der Waals surface area contributed by atoms with Crippen molar-refractivity contribution in [2.24, 2.45) is 5.41 Å². The van der Waals surface area contributed by atoms with Crippen LogP contribution in [0.2, 0.25) is 0 Å². The molecule has 2 saturated carbocycles. The van der Waals surface area contributed by atoms with Crippen LogP contribution in [0.1, 0.15) is 114 Å². The molecule has 12 rings (SSSR count). The van der Waals surface area contributed by atoms with Crippen molar-refractivity contribution in [3.05, 3.63) is 94.2 Å². The average molecular weight is 1170 g/mol. The Balaban J connectivity index is 0.815. The second-order valence-electron chi connectivity index (χ2n) is 24.5. The van der Waals surface area contributed by atoms with Crippen LogP contribution in [0.15, 0.2) is 77.8 Å². The van der Waals surface area contributed by atoms with Gasteiger partial charge in [-0.1, -0.05) is 18.2 Å². The molecule has 2 aliphatic carbocycles. The molecule has 440 valence electrons. The van der Waals surface area contributed by atoms with Gasteiger partial charge < -0.3 is 53.6 Å². The number of nitrogens with one attached hydrogen (secondary N) is 3. The number of hydrogen-bond acceptors (Lipinski definition) is 17. The average Bonchev–Trinajstić information content (AvgIpc) is 2.67. The maximum atomic E-state index is 16.7. The Morgan fingerprint density at radius 2 is 1.71 bits per heavy atom. The molecule has 0 unspecified atom stereocenters. The van der Waals surface area contributed by atoms with Crippen molar-refractivity contribution in [1.29, 1.82) is 0 Å². The van der Waals surface area contributed by atoms with Gasteiger partial charge in [-0.25, -0.2) is 22.1 Å². The number of alkyl halides is 1. The number of fused-ring (bicyclic) bond motifs is 4. The van der Waals surface area contributed by atoms with E-state index in [9.17, 15) is 37.7 Å². The minimum absolute atomic E-state index is 0.0107. The Labute approximate surface area is 474 Å². The molecule has 4 atom stereocenters. The third kappa shape index (κ3) is 11.1. The molecule has 22 nitrogen and oxygen atoms in total. The third-order valence-corrected chi connectivity index (χ3v) is 19.8. The van der Waals surface area contributed by atoms with E-state index in [1.807, 2.05) is 35.2 Å². The number of nitrogens with zero attached hydrogens (tertiary/aromatic N) is 5. The number of carbonyl (C=O) groups excluding carboxylic acids is 1. The summed E-state index contributed by atoms with van der Waals surface area (Å²) in [6.45, 7) is 11.7. The van der Waals surface area contributed by atoms with E-state index in [2.05, 4.69) is 63.8 Å². The lowest BCUT2D eigenvalue weighted by atomic mass is 9.59. The molecule has 0 bridgehead atoms. The summed E-state index contributed by atoms with van der Waals surface area (Å²) < 4.78 is 95.4. The number of aromatic nitrogens is 2. The topological polar surface area (TPSA) is 270 Å². The molecule has 82 heavy (non-hydrogen) atoms. The van der Waals surface area contributed by atoms with Gasteiger partial charge in [0.15, 0.2) is 11.4 Å². The molecule has 5 aliphatic heterocycles. The summed E-state index contributed by atoms with van der Waals surface area (Å²) in [5, 5.41) is 16.4. The van der Waals surface area contributed by atoms with E-state index in [1.54, 1.807) is 12.3 Å². The van der Waals surface area contributed by atoms with Crippen molar-refractivity contribution in [2.75, 3.05) is 67.8 Å². The van der Waals surface area contributed by atoms with Gasteiger partial charge in [-0.2, -0.15) is 4.98 Å². The molecule has 5 fully saturated rings. The lowest BCUT2D eigenvalue weighted by Crippen LogP contribution is -2.56. The largest absolute Gasteiger partial charge is 0.489 e. The number of benzene rings is 3. The van der Waals surface area contributed by atoms with Crippen LogP contribution in [0.4, 0.5) is 32.8 Å². The fraction of sp³-hybridized carbons (Fsp3) is 0.544. The number of ether oxygens (including phenoxy) is 5. The quantitative estimate of drug-likeness (QED) is 0.0443. The number of phosphoric ester groups is 1. The van der Waals surface area contributed by atoms with Gasteiger partial charge in [-0.05, 0) is 134 Å². The highest BCUT2D eigenvalue weighted by Gasteiger charge is 2.52. The second kappa shape index (κ2) is 21.2. The number of H-pyrrole nitrogens is 1. The number of pyridine rings is 1. The van der Waals surface area contributed by atoms with E-state index in [4.69, 9.17) is 33.2 Å². The molecule has 7 aliphatic rings. The van der Waals surface area contributed by atoms with Gasteiger partial charge in [-0.15, -0.1) is 0 Å². The van der Waals surface area contributed by atoms with Crippen LogP contribution in [-0.2, 0) is 28.6 Å². The van der Waals surface area contributed by atoms with Crippen LogP contribution in [0.3, 0.4) is 0 Å². The number of para-hydroxylation sites is 1. The van der Waals surface area contributed by atoms with Gasteiger partial charge in [0.25, 0.3) is 21.6 Å². The molecule has 0 radical (unpaired) electrons. The van der Waals surface area contributed by atoms with E-state index in [0.29, 0.717) is 55.2 Å². The Morgan fingerprint density at radius 3 is 2.45 bits per heavy atom. The zero-order valence-electron chi connectivity index (χ0n) is 46.3. The smallest absolute Gasteiger partial charge is 0.470 e. The lowest BCUT2D eigenvalue weighted by molar-refractivity contribution is -0.384.